The number of rotatable bonds is 2. The maximum absolute atomic E-state index is 12.6. The molecule has 1 aromatic rings. The Morgan fingerprint density at radius 3 is 2.27 bits per heavy atom. The first kappa shape index (κ1) is 14.7. The number of carbonyl (C=O) groups excluding carboxylic acids is 3. The summed E-state index contributed by atoms with van der Waals surface area (Å²) in [6.07, 6.45) is 3.30. The Balaban J connectivity index is 2.10. The summed E-state index contributed by atoms with van der Waals surface area (Å²) in [5, 5.41) is 9.59. The number of nitriles is 1. The van der Waals surface area contributed by atoms with E-state index in [1.807, 2.05) is 6.07 Å². The zero-order chi connectivity index (χ0) is 16.0. The summed E-state index contributed by atoms with van der Waals surface area (Å²) in [6, 6.07) is 1.99. The van der Waals surface area contributed by atoms with E-state index < -0.39 is 5.91 Å². The van der Waals surface area contributed by atoms with Crippen molar-refractivity contribution in [2.45, 2.75) is 32.6 Å². The fourth-order valence-corrected chi connectivity index (χ4v) is 4.51. The number of primary amides is 1. The zero-order valence-electron chi connectivity index (χ0n) is 12.1. The van der Waals surface area contributed by atoms with E-state index in [2.05, 4.69) is 0 Å². The van der Waals surface area contributed by atoms with Crippen molar-refractivity contribution < 1.29 is 14.4 Å². The summed E-state index contributed by atoms with van der Waals surface area (Å²) >= 11 is 0.956. The Morgan fingerprint density at radius 1 is 1.27 bits per heavy atom. The highest BCUT2D eigenvalue weighted by Gasteiger charge is 2.50. The molecule has 2 unspecified atom stereocenters. The van der Waals surface area contributed by atoms with Gasteiger partial charge in [0, 0.05) is 0 Å². The normalized spacial score (nSPS) is 24.3. The molecule has 1 saturated heterocycles. The van der Waals surface area contributed by atoms with Crippen LogP contribution in [0.2, 0.25) is 0 Å². The van der Waals surface area contributed by atoms with Crippen LogP contribution in [0.25, 0.3) is 0 Å². The van der Waals surface area contributed by atoms with Crippen molar-refractivity contribution in [3.63, 3.8) is 0 Å². The summed E-state index contributed by atoms with van der Waals surface area (Å²) in [6.45, 7) is 1.61. The van der Waals surface area contributed by atoms with Crippen LogP contribution in [0, 0.1) is 30.1 Å². The van der Waals surface area contributed by atoms with Gasteiger partial charge < -0.3 is 5.73 Å². The Hall–Kier alpha value is -2.20. The monoisotopic (exact) mass is 317 g/mol. The van der Waals surface area contributed by atoms with Crippen molar-refractivity contribution in [1.82, 2.24) is 0 Å². The largest absolute Gasteiger partial charge is 0.365 e. The highest BCUT2D eigenvalue weighted by Crippen LogP contribution is 2.44. The predicted molar refractivity (Wildman–Crippen MR) is 80.2 cm³/mol. The van der Waals surface area contributed by atoms with E-state index in [0.29, 0.717) is 18.4 Å². The number of nitrogens with zero attached hydrogens (tertiary/aromatic N) is 2. The number of carbonyl (C=O) groups is 3. The summed E-state index contributed by atoms with van der Waals surface area (Å²) in [4.78, 5) is 38.0. The van der Waals surface area contributed by atoms with Gasteiger partial charge in [0.1, 0.15) is 11.1 Å². The van der Waals surface area contributed by atoms with Gasteiger partial charge in [-0.25, -0.2) is 4.90 Å². The van der Waals surface area contributed by atoms with E-state index in [1.165, 1.54) is 0 Å². The Kier molecular flexibility index (Phi) is 3.49. The summed E-state index contributed by atoms with van der Waals surface area (Å²) in [5.74, 6) is -1.71. The van der Waals surface area contributed by atoms with Crippen LogP contribution in [-0.2, 0) is 9.59 Å². The molecule has 0 aromatic carbocycles. The number of thiophene rings is 1. The minimum absolute atomic E-state index is 0.194. The minimum atomic E-state index is -0.651. The van der Waals surface area contributed by atoms with Crippen LogP contribution in [0.1, 0.15) is 46.5 Å². The second-order valence-corrected chi connectivity index (χ2v) is 6.72. The number of nitrogens with two attached hydrogens (primary N) is 1. The number of fused-ring (bicyclic) bond motifs is 1. The van der Waals surface area contributed by atoms with Crippen molar-refractivity contribution in [3.05, 3.63) is 16.0 Å². The molecule has 0 radical (unpaired) electrons. The number of anilines is 1. The summed E-state index contributed by atoms with van der Waals surface area (Å²) < 4.78 is 0. The Morgan fingerprint density at radius 2 is 1.82 bits per heavy atom. The molecular weight excluding hydrogens is 302 g/mol. The van der Waals surface area contributed by atoms with Crippen LogP contribution in [-0.4, -0.2) is 17.7 Å². The number of imide groups is 1. The van der Waals surface area contributed by atoms with Gasteiger partial charge in [-0.1, -0.05) is 12.8 Å². The van der Waals surface area contributed by atoms with Crippen LogP contribution in [0.15, 0.2) is 0 Å². The molecule has 3 amide bonds. The molecule has 2 N–H and O–H groups in total. The lowest BCUT2D eigenvalue weighted by Gasteiger charge is -2.19. The first-order valence-corrected chi connectivity index (χ1v) is 8.00. The molecule has 114 valence electrons. The second-order valence-electron chi connectivity index (χ2n) is 5.72. The van der Waals surface area contributed by atoms with Crippen molar-refractivity contribution in [2.24, 2.45) is 17.6 Å². The van der Waals surface area contributed by atoms with Gasteiger partial charge in [0.2, 0.25) is 11.8 Å². The van der Waals surface area contributed by atoms with E-state index in [-0.39, 0.29) is 39.1 Å². The molecule has 0 spiro atoms. The van der Waals surface area contributed by atoms with Crippen molar-refractivity contribution in [2.75, 3.05) is 4.90 Å². The van der Waals surface area contributed by atoms with E-state index in [0.717, 1.165) is 29.1 Å². The quantitative estimate of drug-likeness (QED) is 0.838. The second kappa shape index (κ2) is 5.21. The van der Waals surface area contributed by atoms with Crippen LogP contribution < -0.4 is 10.6 Å². The highest BCUT2D eigenvalue weighted by atomic mass is 32.1. The molecule has 2 atom stereocenters. The lowest BCUT2D eigenvalue weighted by Crippen LogP contribution is -2.30. The predicted octanol–water partition coefficient (Wildman–Crippen LogP) is 1.71. The molecule has 0 bridgehead atoms. The summed E-state index contributed by atoms with van der Waals surface area (Å²) in [5.41, 5.74) is 5.94. The van der Waals surface area contributed by atoms with E-state index in [1.54, 1.807) is 6.92 Å². The van der Waals surface area contributed by atoms with Crippen molar-refractivity contribution in [3.8, 4) is 6.07 Å². The molecule has 6 nitrogen and oxygen atoms in total. The van der Waals surface area contributed by atoms with Crippen LogP contribution in [0.4, 0.5) is 5.00 Å². The van der Waals surface area contributed by atoms with Crippen LogP contribution >= 0.6 is 11.3 Å². The fourth-order valence-electron chi connectivity index (χ4n) is 3.38. The lowest BCUT2D eigenvalue weighted by molar-refractivity contribution is -0.122. The molecule has 1 aliphatic heterocycles. The first-order chi connectivity index (χ1) is 10.5. The van der Waals surface area contributed by atoms with Gasteiger partial charge in [-0.2, -0.15) is 5.26 Å². The average molecular weight is 317 g/mol. The topological polar surface area (TPSA) is 104 Å². The maximum Gasteiger partial charge on any atom is 0.259 e. The maximum atomic E-state index is 12.6. The van der Waals surface area contributed by atoms with Gasteiger partial charge in [0.25, 0.3) is 5.91 Å². The lowest BCUT2D eigenvalue weighted by atomic mass is 9.81. The third-order valence-corrected chi connectivity index (χ3v) is 5.80. The third-order valence-electron chi connectivity index (χ3n) is 4.51. The molecule has 1 aromatic heterocycles. The van der Waals surface area contributed by atoms with Gasteiger partial charge >= 0.3 is 0 Å². The van der Waals surface area contributed by atoms with E-state index in [9.17, 15) is 19.6 Å². The number of hydrogen-bond donors (Lipinski definition) is 1. The average Bonchev–Trinajstić information content (AvgIpc) is 2.95. The van der Waals surface area contributed by atoms with Gasteiger partial charge in [0.15, 0.2) is 0 Å². The molecule has 2 heterocycles. The van der Waals surface area contributed by atoms with E-state index >= 15 is 0 Å². The molecule has 1 aliphatic carbocycles. The van der Waals surface area contributed by atoms with Crippen LogP contribution in [0.5, 0.6) is 0 Å². The number of hydrogen-bond acceptors (Lipinski definition) is 5. The number of amides is 3. The third kappa shape index (κ3) is 1.95. The molecular formula is C15H15N3O3S. The molecule has 3 rings (SSSR count). The summed E-state index contributed by atoms with van der Waals surface area (Å²) in [7, 11) is 0. The van der Waals surface area contributed by atoms with Gasteiger partial charge in [-0.15, -0.1) is 11.3 Å². The van der Waals surface area contributed by atoms with Crippen LogP contribution in [0.3, 0.4) is 0 Å². The zero-order valence-corrected chi connectivity index (χ0v) is 12.9. The van der Waals surface area contributed by atoms with Gasteiger partial charge in [-0.05, 0) is 25.3 Å². The highest BCUT2D eigenvalue weighted by molar-refractivity contribution is 7.18. The van der Waals surface area contributed by atoms with Crippen molar-refractivity contribution in [1.29, 1.82) is 5.26 Å². The molecule has 7 heteroatoms. The Labute approximate surface area is 131 Å². The molecule has 1 saturated carbocycles. The van der Waals surface area contributed by atoms with Crippen molar-refractivity contribution >= 4 is 34.1 Å². The molecule has 22 heavy (non-hydrogen) atoms. The first-order valence-electron chi connectivity index (χ1n) is 7.18. The SMILES string of the molecule is Cc1c(C(N)=O)sc(N2C(=O)C3CCCCC3C2=O)c1C#N. The molecule has 2 aliphatic rings. The standard InChI is InChI=1S/C15H15N3O3S/c1-7-10(6-16)15(22-11(7)12(17)19)18-13(20)8-4-2-3-5-9(8)14(18)21/h8-9H,2-5H2,1H3,(H2,17,19). The smallest absolute Gasteiger partial charge is 0.259 e. The fraction of sp³-hybridized carbons (Fsp3) is 0.467. The Bertz CT molecular complexity index is 707. The molecule has 2 fully saturated rings. The minimum Gasteiger partial charge on any atom is -0.365 e. The van der Waals surface area contributed by atoms with Gasteiger partial charge in [0.05, 0.1) is 22.3 Å². The van der Waals surface area contributed by atoms with Gasteiger partial charge in [-0.3, -0.25) is 14.4 Å². The van der Waals surface area contributed by atoms with E-state index in [4.69, 9.17) is 5.73 Å².